The van der Waals surface area contributed by atoms with Gasteiger partial charge in [-0.05, 0) is 18.2 Å². The molecule has 1 heterocycles. The molecule has 0 atom stereocenters. The van der Waals surface area contributed by atoms with Gasteiger partial charge in [0.15, 0.2) is 0 Å². The van der Waals surface area contributed by atoms with E-state index >= 15 is 0 Å². The molecule has 0 aliphatic carbocycles. The number of nitrogens with zero attached hydrogens (tertiary/aromatic N) is 2. The second-order valence-corrected chi connectivity index (χ2v) is 3.77. The van der Waals surface area contributed by atoms with Gasteiger partial charge in [-0.1, -0.05) is 0 Å². The van der Waals surface area contributed by atoms with Crippen LogP contribution >= 0.6 is 0 Å². The average molecular weight is 283 g/mol. The molecule has 0 radical (unpaired) electrons. The number of nitrogens with one attached hydrogen (secondary N) is 1. The minimum atomic E-state index is -4.73. The third-order valence-electron chi connectivity index (χ3n) is 2.46. The number of rotatable bonds is 1. The van der Waals surface area contributed by atoms with Crippen LogP contribution in [-0.2, 0) is 6.18 Å². The molecule has 1 aromatic carbocycles. The van der Waals surface area contributed by atoms with Gasteiger partial charge in [0.2, 0.25) is 0 Å². The molecule has 0 spiro atoms. The number of aromatic nitrogens is 2. The van der Waals surface area contributed by atoms with E-state index in [1.54, 1.807) is 0 Å². The summed E-state index contributed by atoms with van der Waals surface area (Å²) in [5.74, 6) is -1.36. The van der Waals surface area contributed by atoms with Crippen molar-refractivity contribution < 1.29 is 17.6 Å². The van der Waals surface area contributed by atoms with Gasteiger partial charge in [-0.25, -0.2) is 9.37 Å². The Hall–Kier alpha value is -2.69. The highest BCUT2D eigenvalue weighted by Crippen LogP contribution is 2.35. The molecule has 0 saturated carbocycles. The van der Waals surface area contributed by atoms with E-state index in [0.717, 1.165) is 6.20 Å². The molecule has 1 N–H and O–H groups in total. The summed E-state index contributed by atoms with van der Waals surface area (Å²) in [5.41, 5.74) is -2.97. The summed E-state index contributed by atoms with van der Waals surface area (Å²) in [6.07, 6.45) is -3.89. The van der Waals surface area contributed by atoms with Crippen molar-refractivity contribution in [2.75, 3.05) is 0 Å². The van der Waals surface area contributed by atoms with Crippen LogP contribution in [0, 0.1) is 17.1 Å². The summed E-state index contributed by atoms with van der Waals surface area (Å²) in [6.45, 7) is 0. The molecule has 0 unspecified atom stereocenters. The van der Waals surface area contributed by atoms with Crippen LogP contribution < -0.4 is 5.56 Å². The van der Waals surface area contributed by atoms with Crippen LogP contribution in [0.15, 0.2) is 29.2 Å². The molecule has 0 aliphatic heterocycles. The Morgan fingerprint density at radius 3 is 2.55 bits per heavy atom. The average Bonchev–Trinajstić information content (AvgIpc) is 2.37. The predicted octanol–water partition coefficient (Wildman–Crippen LogP) is 2.47. The number of hydrogen-bond acceptors (Lipinski definition) is 3. The van der Waals surface area contributed by atoms with E-state index in [0.29, 0.717) is 18.2 Å². The number of benzene rings is 1. The zero-order valence-corrected chi connectivity index (χ0v) is 9.62. The minimum absolute atomic E-state index is 0.348. The molecule has 0 amide bonds. The molecule has 2 aromatic rings. The Morgan fingerprint density at radius 2 is 2.00 bits per heavy atom. The highest BCUT2D eigenvalue weighted by molar-refractivity contribution is 5.61. The van der Waals surface area contributed by atoms with Crippen LogP contribution in [0.25, 0.3) is 11.4 Å². The van der Waals surface area contributed by atoms with Gasteiger partial charge in [-0.15, -0.1) is 0 Å². The summed E-state index contributed by atoms with van der Waals surface area (Å²) in [4.78, 5) is 17.0. The van der Waals surface area contributed by atoms with Gasteiger partial charge in [0.1, 0.15) is 23.3 Å². The van der Waals surface area contributed by atoms with Crippen LogP contribution in [0.2, 0.25) is 0 Å². The van der Waals surface area contributed by atoms with Crippen molar-refractivity contribution in [3.05, 3.63) is 51.7 Å². The van der Waals surface area contributed by atoms with Gasteiger partial charge < -0.3 is 4.98 Å². The molecular weight excluding hydrogens is 278 g/mol. The Morgan fingerprint density at radius 1 is 1.30 bits per heavy atom. The monoisotopic (exact) mass is 283 g/mol. The third-order valence-corrected chi connectivity index (χ3v) is 2.46. The minimum Gasteiger partial charge on any atom is -0.305 e. The molecule has 0 saturated heterocycles. The SMILES string of the molecule is N#Cc1cnc(-c2cc(F)ccc2C(F)(F)F)[nH]c1=O. The highest BCUT2D eigenvalue weighted by atomic mass is 19.4. The fourth-order valence-electron chi connectivity index (χ4n) is 1.57. The molecule has 8 heteroatoms. The fraction of sp³-hybridized carbons (Fsp3) is 0.0833. The van der Waals surface area contributed by atoms with Crippen LogP contribution in [0.4, 0.5) is 17.6 Å². The quantitative estimate of drug-likeness (QED) is 0.817. The van der Waals surface area contributed by atoms with Crippen LogP contribution in [0.1, 0.15) is 11.1 Å². The second-order valence-electron chi connectivity index (χ2n) is 3.77. The zero-order chi connectivity index (χ0) is 14.9. The molecule has 0 bridgehead atoms. The Labute approximate surface area is 109 Å². The zero-order valence-electron chi connectivity index (χ0n) is 9.62. The topological polar surface area (TPSA) is 69.5 Å². The standard InChI is InChI=1S/C12H5F4N3O/c13-7-1-2-9(12(14,15)16)8(3-7)10-18-5-6(4-17)11(20)19-10/h1-3,5H,(H,18,19,20). The maximum atomic E-state index is 13.1. The first kappa shape index (κ1) is 13.7. The summed E-state index contributed by atoms with van der Waals surface area (Å²) in [7, 11) is 0. The van der Waals surface area contributed by atoms with Gasteiger partial charge in [0.25, 0.3) is 5.56 Å². The van der Waals surface area contributed by atoms with Gasteiger partial charge in [0.05, 0.1) is 11.8 Å². The van der Waals surface area contributed by atoms with E-state index < -0.39 is 34.5 Å². The second kappa shape index (κ2) is 4.77. The Kier molecular flexibility index (Phi) is 3.28. The van der Waals surface area contributed by atoms with Gasteiger partial charge in [0, 0.05) is 5.56 Å². The Bertz CT molecular complexity index is 759. The van der Waals surface area contributed by atoms with E-state index in [9.17, 15) is 22.4 Å². The van der Waals surface area contributed by atoms with Crippen LogP contribution in [0.3, 0.4) is 0 Å². The van der Waals surface area contributed by atoms with Crippen molar-refractivity contribution in [3.63, 3.8) is 0 Å². The maximum absolute atomic E-state index is 13.1. The van der Waals surface area contributed by atoms with E-state index in [1.165, 1.54) is 6.07 Å². The van der Waals surface area contributed by atoms with Crippen molar-refractivity contribution in [2.45, 2.75) is 6.18 Å². The molecular formula is C12H5F4N3O. The van der Waals surface area contributed by atoms with Crippen molar-refractivity contribution in [2.24, 2.45) is 0 Å². The number of alkyl halides is 3. The first-order valence-electron chi connectivity index (χ1n) is 5.19. The summed E-state index contributed by atoms with van der Waals surface area (Å²) in [6, 6.07) is 3.36. The van der Waals surface area contributed by atoms with Crippen molar-refractivity contribution in [1.29, 1.82) is 5.26 Å². The van der Waals surface area contributed by atoms with Gasteiger partial charge in [-0.2, -0.15) is 18.4 Å². The highest BCUT2D eigenvalue weighted by Gasteiger charge is 2.34. The molecule has 2 rings (SSSR count). The van der Waals surface area contributed by atoms with Crippen molar-refractivity contribution in [3.8, 4) is 17.5 Å². The normalized spacial score (nSPS) is 11.2. The predicted molar refractivity (Wildman–Crippen MR) is 60.0 cm³/mol. The lowest BCUT2D eigenvalue weighted by Crippen LogP contribution is -2.14. The molecule has 1 aromatic heterocycles. The van der Waals surface area contributed by atoms with E-state index in [4.69, 9.17) is 5.26 Å². The lowest BCUT2D eigenvalue weighted by Gasteiger charge is -2.12. The van der Waals surface area contributed by atoms with Crippen molar-refractivity contribution in [1.82, 2.24) is 9.97 Å². The van der Waals surface area contributed by atoms with E-state index in [1.807, 2.05) is 4.98 Å². The molecule has 102 valence electrons. The number of H-pyrrole nitrogens is 1. The van der Waals surface area contributed by atoms with Gasteiger partial charge >= 0.3 is 6.18 Å². The Balaban J connectivity index is 2.69. The smallest absolute Gasteiger partial charge is 0.305 e. The number of halogens is 4. The summed E-state index contributed by atoms with van der Waals surface area (Å²) < 4.78 is 51.6. The number of aromatic amines is 1. The first-order chi connectivity index (χ1) is 9.32. The first-order valence-corrected chi connectivity index (χ1v) is 5.19. The summed E-state index contributed by atoms with van der Waals surface area (Å²) >= 11 is 0. The van der Waals surface area contributed by atoms with E-state index in [2.05, 4.69) is 4.98 Å². The molecule has 4 nitrogen and oxygen atoms in total. The molecule has 20 heavy (non-hydrogen) atoms. The molecule has 0 aliphatic rings. The van der Waals surface area contributed by atoms with Crippen LogP contribution in [-0.4, -0.2) is 9.97 Å². The summed E-state index contributed by atoms with van der Waals surface area (Å²) in [5, 5.41) is 8.56. The fourth-order valence-corrected chi connectivity index (χ4v) is 1.57. The number of nitriles is 1. The maximum Gasteiger partial charge on any atom is 0.417 e. The molecule has 0 fully saturated rings. The van der Waals surface area contributed by atoms with E-state index in [-0.39, 0.29) is 5.56 Å². The lowest BCUT2D eigenvalue weighted by molar-refractivity contribution is -0.137. The lowest BCUT2D eigenvalue weighted by atomic mass is 10.1. The van der Waals surface area contributed by atoms with Crippen molar-refractivity contribution >= 4 is 0 Å². The third kappa shape index (κ3) is 2.51. The van der Waals surface area contributed by atoms with Crippen LogP contribution in [0.5, 0.6) is 0 Å². The largest absolute Gasteiger partial charge is 0.417 e. The van der Waals surface area contributed by atoms with Gasteiger partial charge in [-0.3, -0.25) is 4.79 Å². The number of hydrogen-bond donors (Lipinski definition) is 1.